The summed E-state index contributed by atoms with van der Waals surface area (Å²) in [7, 11) is 0. The topological polar surface area (TPSA) is 81.9 Å². The number of hydrogen-bond donors (Lipinski definition) is 1. The molecule has 1 amide bonds. The second-order valence-corrected chi connectivity index (χ2v) is 6.93. The van der Waals surface area contributed by atoms with E-state index in [1.807, 2.05) is 0 Å². The minimum Gasteiger partial charge on any atom is -0.376 e. The normalized spacial score (nSPS) is 17.1. The van der Waals surface area contributed by atoms with Crippen LogP contribution in [0.3, 0.4) is 0 Å². The number of tetrazole rings is 1. The SMILES string of the molecule is O=C(CCSc1nnnn1C[C@@H]1CCCO1)Nc1cccc(Cl)c1. The van der Waals surface area contributed by atoms with E-state index in [9.17, 15) is 4.79 Å². The van der Waals surface area contributed by atoms with Crippen LogP contribution in [-0.4, -0.2) is 44.6 Å². The fourth-order valence-corrected chi connectivity index (χ4v) is 3.44. The number of nitrogens with one attached hydrogen (secondary N) is 1. The van der Waals surface area contributed by atoms with Crippen molar-refractivity contribution in [3.8, 4) is 0 Å². The maximum Gasteiger partial charge on any atom is 0.225 e. The first kappa shape index (κ1) is 17.2. The number of aromatic nitrogens is 4. The third-order valence-corrected chi connectivity index (χ3v) is 4.76. The van der Waals surface area contributed by atoms with Crippen molar-refractivity contribution in [3.63, 3.8) is 0 Å². The number of ether oxygens (including phenoxy) is 1. The summed E-state index contributed by atoms with van der Waals surface area (Å²) in [5.74, 6) is 0.529. The van der Waals surface area contributed by atoms with Crippen molar-refractivity contribution in [3.05, 3.63) is 29.3 Å². The van der Waals surface area contributed by atoms with E-state index in [1.54, 1.807) is 28.9 Å². The molecule has 0 spiro atoms. The highest BCUT2D eigenvalue weighted by atomic mass is 35.5. The van der Waals surface area contributed by atoms with E-state index in [4.69, 9.17) is 16.3 Å². The van der Waals surface area contributed by atoms with Crippen molar-refractivity contribution < 1.29 is 9.53 Å². The first-order valence-corrected chi connectivity index (χ1v) is 9.13. The smallest absolute Gasteiger partial charge is 0.225 e. The molecule has 1 aromatic carbocycles. The van der Waals surface area contributed by atoms with Gasteiger partial charge in [0.2, 0.25) is 11.1 Å². The number of rotatable bonds is 7. The highest BCUT2D eigenvalue weighted by Crippen LogP contribution is 2.19. The molecule has 2 aromatic rings. The van der Waals surface area contributed by atoms with Gasteiger partial charge < -0.3 is 10.1 Å². The Hall–Kier alpha value is -1.64. The fraction of sp³-hybridized carbons (Fsp3) is 0.467. The molecule has 0 saturated carbocycles. The number of halogens is 1. The van der Waals surface area contributed by atoms with Crippen LogP contribution in [0.4, 0.5) is 5.69 Å². The van der Waals surface area contributed by atoms with Crippen LogP contribution in [0.15, 0.2) is 29.4 Å². The van der Waals surface area contributed by atoms with Gasteiger partial charge in [0.15, 0.2) is 0 Å². The lowest BCUT2D eigenvalue weighted by Gasteiger charge is -2.10. The van der Waals surface area contributed by atoms with Crippen LogP contribution in [0.1, 0.15) is 19.3 Å². The van der Waals surface area contributed by atoms with Crippen LogP contribution in [0.25, 0.3) is 0 Å². The predicted octanol–water partition coefficient (Wildman–Crippen LogP) is 2.63. The van der Waals surface area contributed by atoms with Crippen molar-refractivity contribution in [2.24, 2.45) is 0 Å². The van der Waals surface area contributed by atoms with Crippen molar-refractivity contribution in [2.45, 2.75) is 37.1 Å². The number of carbonyl (C=O) groups is 1. The second kappa shape index (κ2) is 8.46. The molecule has 1 aliphatic rings. The summed E-state index contributed by atoms with van der Waals surface area (Å²) in [5, 5.41) is 15.8. The number of benzene rings is 1. The van der Waals surface area contributed by atoms with E-state index < -0.39 is 0 Å². The first-order chi connectivity index (χ1) is 11.7. The third-order valence-electron chi connectivity index (χ3n) is 3.57. The van der Waals surface area contributed by atoms with Crippen molar-refractivity contribution in [1.82, 2.24) is 20.2 Å². The molecule has 128 valence electrons. The van der Waals surface area contributed by atoms with Crippen LogP contribution < -0.4 is 5.32 Å². The van der Waals surface area contributed by atoms with E-state index >= 15 is 0 Å². The molecule has 0 aliphatic carbocycles. The molecule has 1 aliphatic heterocycles. The molecule has 0 unspecified atom stereocenters. The Kier molecular flexibility index (Phi) is 6.06. The molecule has 24 heavy (non-hydrogen) atoms. The van der Waals surface area contributed by atoms with Gasteiger partial charge in [-0.05, 0) is 41.5 Å². The molecule has 3 rings (SSSR count). The Morgan fingerprint density at radius 3 is 3.21 bits per heavy atom. The van der Waals surface area contributed by atoms with Gasteiger partial charge in [-0.15, -0.1) is 5.10 Å². The monoisotopic (exact) mass is 367 g/mol. The fourth-order valence-electron chi connectivity index (χ4n) is 2.42. The number of anilines is 1. The molecular formula is C15H18ClN5O2S. The van der Waals surface area contributed by atoms with Gasteiger partial charge in [0.05, 0.1) is 12.6 Å². The lowest BCUT2D eigenvalue weighted by molar-refractivity contribution is -0.115. The summed E-state index contributed by atoms with van der Waals surface area (Å²) in [4.78, 5) is 12.0. The molecule has 2 heterocycles. The number of carbonyl (C=O) groups excluding carboxylic acids is 1. The highest BCUT2D eigenvalue weighted by molar-refractivity contribution is 7.99. The van der Waals surface area contributed by atoms with Gasteiger partial charge in [-0.25, -0.2) is 4.68 Å². The van der Waals surface area contributed by atoms with Crippen LogP contribution in [0.2, 0.25) is 5.02 Å². The number of hydrogen-bond acceptors (Lipinski definition) is 6. The minimum absolute atomic E-state index is 0.0667. The van der Waals surface area contributed by atoms with E-state index in [2.05, 4.69) is 20.8 Å². The van der Waals surface area contributed by atoms with Crippen LogP contribution >= 0.6 is 23.4 Å². The van der Waals surface area contributed by atoms with Gasteiger partial charge >= 0.3 is 0 Å². The molecular weight excluding hydrogens is 350 g/mol. The molecule has 1 aromatic heterocycles. The average Bonchev–Trinajstić information content (AvgIpc) is 3.20. The lowest BCUT2D eigenvalue weighted by Crippen LogP contribution is -2.17. The van der Waals surface area contributed by atoms with Crippen LogP contribution in [0.5, 0.6) is 0 Å². The Morgan fingerprint density at radius 1 is 1.50 bits per heavy atom. The summed E-state index contributed by atoms with van der Waals surface area (Å²) < 4.78 is 7.34. The van der Waals surface area contributed by atoms with Gasteiger partial charge in [-0.1, -0.05) is 29.4 Å². The third kappa shape index (κ3) is 4.93. The molecule has 0 radical (unpaired) electrons. The van der Waals surface area contributed by atoms with Crippen molar-refractivity contribution >= 4 is 35.0 Å². The van der Waals surface area contributed by atoms with Gasteiger partial charge in [0, 0.05) is 29.5 Å². The summed E-state index contributed by atoms with van der Waals surface area (Å²) in [6, 6.07) is 7.08. The molecule has 7 nitrogen and oxygen atoms in total. The van der Waals surface area contributed by atoms with Gasteiger partial charge in [-0.2, -0.15) is 0 Å². The van der Waals surface area contributed by atoms with Crippen LogP contribution in [0, 0.1) is 0 Å². The zero-order valence-electron chi connectivity index (χ0n) is 13.0. The minimum atomic E-state index is -0.0667. The quantitative estimate of drug-likeness (QED) is 0.757. The first-order valence-electron chi connectivity index (χ1n) is 7.77. The lowest BCUT2D eigenvalue weighted by atomic mass is 10.2. The number of amides is 1. The zero-order chi connectivity index (χ0) is 16.8. The summed E-state index contributed by atoms with van der Waals surface area (Å²) in [6.45, 7) is 1.46. The van der Waals surface area contributed by atoms with Gasteiger partial charge in [0.1, 0.15) is 0 Å². The van der Waals surface area contributed by atoms with Crippen molar-refractivity contribution in [2.75, 3.05) is 17.7 Å². The molecule has 1 saturated heterocycles. The molecule has 9 heteroatoms. The standard InChI is InChI=1S/C15H18ClN5O2S/c16-11-3-1-4-12(9-11)17-14(22)6-8-24-15-18-19-20-21(15)10-13-5-2-7-23-13/h1,3-4,9,13H,2,5-8,10H2,(H,17,22)/t13-/m0/s1. The predicted molar refractivity (Wildman–Crippen MR) is 92.2 cm³/mol. The Morgan fingerprint density at radius 2 is 2.42 bits per heavy atom. The summed E-state index contributed by atoms with van der Waals surface area (Å²) in [5.41, 5.74) is 0.695. The maximum atomic E-state index is 12.0. The van der Waals surface area contributed by atoms with Crippen molar-refractivity contribution in [1.29, 1.82) is 0 Å². The summed E-state index contributed by atoms with van der Waals surface area (Å²) >= 11 is 7.36. The van der Waals surface area contributed by atoms with E-state index in [0.29, 0.717) is 34.6 Å². The van der Waals surface area contributed by atoms with E-state index in [0.717, 1.165) is 19.4 Å². The summed E-state index contributed by atoms with van der Waals surface area (Å²) in [6.07, 6.45) is 2.66. The Bertz CT molecular complexity index is 690. The highest BCUT2D eigenvalue weighted by Gasteiger charge is 2.19. The number of thioether (sulfide) groups is 1. The zero-order valence-corrected chi connectivity index (χ0v) is 14.6. The van der Waals surface area contributed by atoms with E-state index in [-0.39, 0.29) is 12.0 Å². The Balaban J connectivity index is 1.44. The maximum absolute atomic E-state index is 12.0. The molecule has 1 fully saturated rings. The van der Waals surface area contributed by atoms with E-state index in [1.165, 1.54) is 11.8 Å². The largest absolute Gasteiger partial charge is 0.376 e. The van der Waals surface area contributed by atoms with Gasteiger partial charge in [0.25, 0.3) is 0 Å². The Labute approximate surface area is 149 Å². The number of nitrogens with zero attached hydrogens (tertiary/aromatic N) is 4. The van der Waals surface area contributed by atoms with Gasteiger partial charge in [-0.3, -0.25) is 4.79 Å². The average molecular weight is 368 g/mol. The molecule has 1 atom stereocenters. The van der Waals surface area contributed by atoms with Crippen LogP contribution in [-0.2, 0) is 16.1 Å². The molecule has 0 bridgehead atoms. The molecule has 1 N–H and O–H groups in total. The second-order valence-electron chi connectivity index (χ2n) is 5.44.